The smallest absolute Gasteiger partial charge is 0.182 e. The first-order chi connectivity index (χ1) is 12.6. The van der Waals surface area contributed by atoms with Gasteiger partial charge in [0, 0.05) is 28.4 Å². The Kier molecular flexibility index (Phi) is 7.52. The highest BCUT2D eigenvalue weighted by Crippen LogP contribution is 2.25. The Morgan fingerprint density at radius 3 is 1.73 bits per heavy atom. The Bertz CT molecular complexity index is 633. The summed E-state index contributed by atoms with van der Waals surface area (Å²) in [7, 11) is 6.47. The van der Waals surface area contributed by atoms with Crippen LogP contribution in [0.4, 0.5) is 0 Å². The molecule has 1 aromatic heterocycles. The number of ether oxygens (including phenoxy) is 4. The molecule has 3 unspecified atom stereocenters. The monoisotopic (exact) mass is 364 g/mol. The Morgan fingerprint density at radius 2 is 1.31 bits per heavy atom. The molecule has 2 rings (SSSR count). The molecule has 0 radical (unpaired) electrons. The number of nitrogens with zero attached hydrogens (tertiary/aromatic N) is 3. The van der Waals surface area contributed by atoms with Crippen molar-refractivity contribution >= 4 is 0 Å². The van der Waals surface area contributed by atoms with E-state index < -0.39 is 6.29 Å². The van der Waals surface area contributed by atoms with Gasteiger partial charge in [0.25, 0.3) is 0 Å². The maximum Gasteiger partial charge on any atom is 0.182 e. The Hall–Kier alpha value is -2.00. The van der Waals surface area contributed by atoms with Crippen LogP contribution < -0.4 is 5.43 Å². The number of aromatic nitrogens is 3. The van der Waals surface area contributed by atoms with Crippen LogP contribution in [0.2, 0.25) is 0 Å². The third kappa shape index (κ3) is 4.39. The predicted octanol–water partition coefficient (Wildman–Crippen LogP) is 2.60. The topological polar surface area (TPSA) is 79.7 Å². The van der Waals surface area contributed by atoms with Crippen molar-refractivity contribution in [3.63, 3.8) is 0 Å². The van der Waals surface area contributed by atoms with Gasteiger partial charge in [0.05, 0.1) is 0 Å². The quantitative estimate of drug-likeness (QED) is 0.649. The lowest BCUT2D eigenvalue weighted by molar-refractivity contribution is -0.115. The molecule has 8 heteroatoms. The zero-order chi connectivity index (χ0) is 19.1. The fourth-order valence-corrected chi connectivity index (χ4v) is 2.64. The van der Waals surface area contributed by atoms with Gasteiger partial charge < -0.3 is 24.4 Å². The molecule has 0 saturated heterocycles. The molecule has 0 aliphatic heterocycles. The van der Waals surface area contributed by atoms with Gasteiger partial charge in [0.1, 0.15) is 18.2 Å². The highest BCUT2D eigenvalue weighted by atomic mass is 16.7. The molecule has 0 spiro atoms. The van der Waals surface area contributed by atoms with E-state index in [-0.39, 0.29) is 18.2 Å². The minimum atomic E-state index is -0.517. The van der Waals surface area contributed by atoms with E-state index in [0.717, 1.165) is 5.56 Å². The van der Waals surface area contributed by atoms with E-state index in [1.807, 2.05) is 44.2 Å². The highest BCUT2D eigenvalue weighted by Gasteiger charge is 2.28. The second-order valence-electron chi connectivity index (χ2n) is 5.86. The lowest BCUT2D eigenvalue weighted by Crippen LogP contribution is -2.35. The molecule has 1 heterocycles. The van der Waals surface area contributed by atoms with E-state index in [1.54, 1.807) is 33.1 Å². The Labute approximate surface area is 154 Å². The van der Waals surface area contributed by atoms with Crippen molar-refractivity contribution in [2.45, 2.75) is 38.4 Å². The molecular formula is C18H28N4O4. The standard InChI is InChI=1S/C18H28N4O4/c1-12(23-3)16-19-20-17(13(2)24-4)22(16)21-15(18(25-5)26-6)14-10-8-7-9-11-14/h7-13,15,18,21H,1-6H3. The van der Waals surface area contributed by atoms with Crippen LogP contribution in [0.1, 0.15) is 49.3 Å². The molecule has 0 aliphatic rings. The maximum absolute atomic E-state index is 5.52. The van der Waals surface area contributed by atoms with Crippen LogP contribution in [-0.4, -0.2) is 49.6 Å². The predicted molar refractivity (Wildman–Crippen MR) is 97.2 cm³/mol. The average Bonchev–Trinajstić information content (AvgIpc) is 3.11. The number of methoxy groups -OCH3 is 4. The Morgan fingerprint density at radius 1 is 0.808 bits per heavy atom. The lowest BCUT2D eigenvalue weighted by atomic mass is 10.1. The summed E-state index contributed by atoms with van der Waals surface area (Å²) >= 11 is 0. The number of nitrogens with one attached hydrogen (secondary N) is 1. The van der Waals surface area contributed by atoms with Crippen LogP contribution in [0, 0.1) is 0 Å². The minimum Gasteiger partial charge on any atom is -0.374 e. The second kappa shape index (κ2) is 9.63. The Balaban J connectivity index is 2.48. The SMILES string of the molecule is COC(C)c1nnc(C(C)OC)n1NC(c1ccccc1)C(OC)OC. The van der Waals surface area contributed by atoms with Gasteiger partial charge in [-0.05, 0) is 19.4 Å². The summed E-state index contributed by atoms with van der Waals surface area (Å²) in [6.45, 7) is 3.82. The van der Waals surface area contributed by atoms with E-state index >= 15 is 0 Å². The largest absolute Gasteiger partial charge is 0.374 e. The third-order valence-electron chi connectivity index (χ3n) is 4.31. The van der Waals surface area contributed by atoms with Crippen molar-refractivity contribution in [3.05, 3.63) is 47.5 Å². The van der Waals surface area contributed by atoms with Crippen molar-refractivity contribution in [2.75, 3.05) is 33.9 Å². The van der Waals surface area contributed by atoms with Crippen LogP contribution in [0.25, 0.3) is 0 Å². The van der Waals surface area contributed by atoms with Crippen molar-refractivity contribution < 1.29 is 18.9 Å². The van der Waals surface area contributed by atoms with Gasteiger partial charge in [-0.15, -0.1) is 10.2 Å². The van der Waals surface area contributed by atoms with Gasteiger partial charge in [-0.1, -0.05) is 30.3 Å². The van der Waals surface area contributed by atoms with Crippen LogP contribution >= 0.6 is 0 Å². The molecule has 26 heavy (non-hydrogen) atoms. The second-order valence-corrected chi connectivity index (χ2v) is 5.86. The lowest BCUT2D eigenvalue weighted by Gasteiger charge is -2.29. The summed E-state index contributed by atoms with van der Waals surface area (Å²) in [4.78, 5) is 0. The molecule has 2 aromatic rings. The summed E-state index contributed by atoms with van der Waals surface area (Å²) in [5.41, 5.74) is 4.43. The molecule has 0 bridgehead atoms. The third-order valence-corrected chi connectivity index (χ3v) is 4.31. The first-order valence-electron chi connectivity index (χ1n) is 8.45. The molecule has 3 atom stereocenters. The zero-order valence-corrected chi connectivity index (χ0v) is 16.2. The van der Waals surface area contributed by atoms with Gasteiger partial charge in [0.2, 0.25) is 0 Å². The van der Waals surface area contributed by atoms with E-state index in [4.69, 9.17) is 18.9 Å². The van der Waals surface area contributed by atoms with Crippen LogP contribution in [0.5, 0.6) is 0 Å². The van der Waals surface area contributed by atoms with Crippen molar-refractivity contribution in [1.82, 2.24) is 14.9 Å². The van der Waals surface area contributed by atoms with E-state index in [2.05, 4.69) is 15.6 Å². The number of hydrogen-bond acceptors (Lipinski definition) is 7. The molecule has 0 saturated carbocycles. The fraction of sp³-hybridized carbons (Fsp3) is 0.556. The summed E-state index contributed by atoms with van der Waals surface area (Å²) in [5, 5.41) is 8.55. The normalized spacial score (nSPS) is 15.0. The molecule has 8 nitrogen and oxygen atoms in total. The highest BCUT2D eigenvalue weighted by molar-refractivity contribution is 5.23. The summed E-state index contributed by atoms with van der Waals surface area (Å²) < 4.78 is 23.7. The molecule has 144 valence electrons. The molecule has 0 aliphatic carbocycles. The molecule has 0 fully saturated rings. The summed E-state index contributed by atoms with van der Waals surface area (Å²) in [6, 6.07) is 9.61. The molecule has 1 N–H and O–H groups in total. The molecule has 0 amide bonds. The van der Waals surface area contributed by atoms with Gasteiger partial charge in [-0.25, -0.2) is 4.68 Å². The fourth-order valence-electron chi connectivity index (χ4n) is 2.64. The van der Waals surface area contributed by atoms with Gasteiger partial charge in [-0.3, -0.25) is 0 Å². The van der Waals surface area contributed by atoms with E-state index in [0.29, 0.717) is 11.6 Å². The van der Waals surface area contributed by atoms with Crippen LogP contribution in [-0.2, 0) is 18.9 Å². The van der Waals surface area contributed by atoms with Crippen LogP contribution in [0.15, 0.2) is 30.3 Å². The first kappa shape index (κ1) is 20.3. The molecule has 1 aromatic carbocycles. The van der Waals surface area contributed by atoms with Gasteiger partial charge in [0.15, 0.2) is 17.9 Å². The molecular weight excluding hydrogens is 336 g/mol. The number of rotatable bonds is 10. The average molecular weight is 364 g/mol. The minimum absolute atomic E-state index is 0.257. The van der Waals surface area contributed by atoms with Crippen molar-refractivity contribution in [3.8, 4) is 0 Å². The summed E-state index contributed by atoms with van der Waals surface area (Å²) in [5.74, 6) is 1.27. The number of benzene rings is 1. The van der Waals surface area contributed by atoms with Crippen LogP contribution in [0.3, 0.4) is 0 Å². The van der Waals surface area contributed by atoms with Gasteiger partial charge in [-0.2, -0.15) is 0 Å². The zero-order valence-electron chi connectivity index (χ0n) is 16.2. The van der Waals surface area contributed by atoms with Crippen molar-refractivity contribution in [1.29, 1.82) is 0 Å². The van der Waals surface area contributed by atoms with E-state index in [9.17, 15) is 0 Å². The maximum atomic E-state index is 5.52. The van der Waals surface area contributed by atoms with E-state index in [1.165, 1.54) is 0 Å². The van der Waals surface area contributed by atoms with Gasteiger partial charge >= 0.3 is 0 Å². The first-order valence-corrected chi connectivity index (χ1v) is 8.45. The number of hydrogen-bond donors (Lipinski definition) is 1. The summed E-state index contributed by atoms with van der Waals surface area (Å²) in [6.07, 6.45) is -1.03. The van der Waals surface area contributed by atoms with Crippen molar-refractivity contribution in [2.24, 2.45) is 0 Å².